The van der Waals surface area contributed by atoms with E-state index in [2.05, 4.69) is 16.4 Å². The fourth-order valence-electron chi connectivity index (χ4n) is 6.60. The van der Waals surface area contributed by atoms with Crippen LogP contribution < -0.4 is 21.1 Å². The van der Waals surface area contributed by atoms with Crippen LogP contribution in [0.15, 0.2) is 90.4 Å². The molecule has 11 heteroatoms. The third-order valence-electron chi connectivity index (χ3n) is 8.63. The molecule has 1 atom stereocenters. The first-order chi connectivity index (χ1) is 21.8. The van der Waals surface area contributed by atoms with Crippen molar-refractivity contribution in [2.45, 2.75) is 25.8 Å². The SMILES string of the molecule is Cc1ccc(C)c(-n2nncc2CN2C(=O)C3(C(C#N)=C(N)Oc4c(N)cc5nc6ccccc6nc5c43)c3ccccc32)c1. The van der Waals surface area contributed by atoms with Gasteiger partial charge in [0.15, 0.2) is 5.75 Å². The number of nitrogens with zero attached hydrogens (tertiary/aromatic N) is 7. The molecule has 11 nitrogen and oxygen atoms in total. The third-order valence-corrected chi connectivity index (χ3v) is 8.63. The van der Waals surface area contributed by atoms with Crippen molar-refractivity contribution in [3.05, 3.63) is 118 Å². The van der Waals surface area contributed by atoms with Crippen molar-refractivity contribution in [3.8, 4) is 17.5 Å². The molecule has 0 aliphatic carbocycles. The highest BCUT2D eigenvalue weighted by atomic mass is 16.5. The quantitative estimate of drug-likeness (QED) is 0.223. The molecule has 2 aliphatic rings. The van der Waals surface area contributed by atoms with Gasteiger partial charge in [0.25, 0.3) is 0 Å². The van der Waals surface area contributed by atoms with Crippen LogP contribution in [0.3, 0.4) is 0 Å². The second-order valence-corrected chi connectivity index (χ2v) is 11.3. The summed E-state index contributed by atoms with van der Waals surface area (Å²) in [5.41, 5.74) is 18.7. The van der Waals surface area contributed by atoms with Crippen LogP contribution in [0, 0.1) is 25.2 Å². The van der Waals surface area contributed by atoms with E-state index in [1.54, 1.807) is 21.8 Å². The van der Waals surface area contributed by atoms with Crippen LogP contribution in [0.5, 0.6) is 5.75 Å². The van der Waals surface area contributed by atoms with Gasteiger partial charge in [0.1, 0.15) is 17.1 Å². The first-order valence-electron chi connectivity index (χ1n) is 14.3. The average Bonchev–Trinajstić information content (AvgIpc) is 3.59. The molecule has 4 aromatic carbocycles. The molecule has 4 N–H and O–H groups in total. The minimum absolute atomic E-state index is 0.0435. The van der Waals surface area contributed by atoms with E-state index < -0.39 is 11.3 Å². The van der Waals surface area contributed by atoms with Gasteiger partial charge in [-0.1, -0.05) is 47.7 Å². The lowest BCUT2D eigenvalue weighted by atomic mass is 9.68. The molecule has 4 heterocycles. The summed E-state index contributed by atoms with van der Waals surface area (Å²) >= 11 is 0. The highest BCUT2D eigenvalue weighted by Crippen LogP contribution is 2.58. The summed E-state index contributed by atoms with van der Waals surface area (Å²) in [6, 6.07) is 24.7. The fraction of sp³-hybridized carbons (Fsp3) is 0.118. The van der Waals surface area contributed by atoms with E-state index in [4.69, 9.17) is 26.2 Å². The highest BCUT2D eigenvalue weighted by Gasteiger charge is 2.60. The van der Waals surface area contributed by atoms with Crippen molar-refractivity contribution in [2.24, 2.45) is 5.73 Å². The molecule has 2 aromatic heterocycles. The van der Waals surface area contributed by atoms with Crippen molar-refractivity contribution < 1.29 is 9.53 Å². The van der Waals surface area contributed by atoms with E-state index in [0.717, 1.165) is 16.8 Å². The molecule has 8 rings (SSSR count). The summed E-state index contributed by atoms with van der Waals surface area (Å²) in [5.74, 6) is -0.420. The van der Waals surface area contributed by atoms with Crippen molar-refractivity contribution in [2.75, 3.05) is 10.6 Å². The fourth-order valence-corrected chi connectivity index (χ4v) is 6.60. The van der Waals surface area contributed by atoms with Crippen molar-refractivity contribution in [1.82, 2.24) is 25.0 Å². The molecule has 1 spiro atoms. The Morgan fingerprint density at radius 3 is 2.49 bits per heavy atom. The Labute approximate surface area is 257 Å². The van der Waals surface area contributed by atoms with Crippen molar-refractivity contribution in [1.29, 1.82) is 5.26 Å². The number of nitrogens with two attached hydrogens (primary N) is 2. The number of ether oxygens (including phenoxy) is 1. The number of carbonyl (C=O) groups excluding carboxylic acids is 1. The van der Waals surface area contributed by atoms with E-state index in [1.165, 1.54) is 0 Å². The lowest BCUT2D eigenvalue weighted by Gasteiger charge is -2.35. The molecule has 45 heavy (non-hydrogen) atoms. The van der Waals surface area contributed by atoms with Gasteiger partial charge in [0.05, 0.1) is 57.4 Å². The predicted octanol–water partition coefficient (Wildman–Crippen LogP) is 4.48. The van der Waals surface area contributed by atoms with Crippen LogP contribution >= 0.6 is 0 Å². The van der Waals surface area contributed by atoms with E-state index in [0.29, 0.717) is 44.6 Å². The lowest BCUT2D eigenvalue weighted by molar-refractivity contribution is -0.121. The second kappa shape index (κ2) is 9.36. The number of hydrogen-bond donors (Lipinski definition) is 2. The minimum Gasteiger partial charge on any atom is -0.438 e. The molecule has 218 valence electrons. The van der Waals surface area contributed by atoms with Gasteiger partial charge in [-0.05, 0) is 55.3 Å². The Morgan fingerprint density at radius 1 is 0.933 bits per heavy atom. The largest absolute Gasteiger partial charge is 0.438 e. The molecule has 1 amide bonds. The van der Waals surface area contributed by atoms with Crippen molar-refractivity contribution in [3.63, 3.8) is 0 Å². The Balaban J connectivity index is 1.40. The van der Waals surface area contributed by atoms with Gasteiger partial charge in [0.2, 0.25) is 11.8 Å². The maximum Gasteiger partial charge on any atom is 0.248 e. The zero-order valence-electron chi connectivity index (χ0n) is 24.3. The normalized spacial score (nSPS) is 17.1. The number of hydrogen-bond acceptors (Lipinski definition) is 9. The molecule has 0 saturated heterocycles. The smallest absolute Gasteiger partial charge is 0.248 e. The molecular formula is C34H25N9O2. The maximum absolute atomic E-state index is 15.2. The summed E-state index contributed by atoms with van der Waals surface area (Å²) in [5, 5.41) is 19.2. The Hall–Kier alpha value is -6.28. The zero-order valence-corrected chi connectivity index (χ0v) is 24.3. The molecule has 0 fully saturated rings. The molecule has 0 saturated carbocycles. The number of carbonyl (C=O) groups is 1. The predicted molar refractivity (Wildman–Crippen MR) is 168 cm³/mol. The van der Waals surface area contributed by atoms with E-state index in [1.807, 2.05) is 80.6 Å². The Kier molecular flexibility index (Phi) is 5.48. The van der Waals surface area contributed by atoms with Crippen LogP contribution in [0.4, 0.5) is 11.4 Å². The summed E-state index contributed by atoms with van der Waals surface area (Å²) < 4.78 is 7.76. The first-order valence-corrected chi connectivity index (χ1v) is 14.3. The van der Waals surface area contributed by atoms with E-state index >= 15 is 4.79 Å². The summed E-state index contributed by atoms with van der Waals surface area (Å²) in [4.78, 5) is 26.6. The highest BCUT2D eigenvalue weighted by molar-refractivity contribution is 6.16. The van der Waals surface area contributed by atoms with Crippen LogP contribution in [0.1, 0.15) is 27.9 Å². The topological polar surface area (TPSA) is 162 Å². The molecule has 2 aliphatic heterocycles. The van der Waals surface area contributed by atoms with Crippen LogP contribution in [0.2, 0.25) is 0 Å². The zero-order chi connectivity index (χ0) is 31.0. The van der Waals surface area contributed by atoms with Gasteiger partial charge < -0.3 is 21.1 Å². The summed E-state index contributed by atoms with van der Waals surface area (Å²) in [7, 11) is 0. The Bertz CT molecular complexity index is 2330. The number of fused-ring (bicyclic) bond motifs is 7. The van der Waals surface area contributed by atoms with Gasteiger partial charge in [-0.15, -0.1) is 5.10 Å². The number of nitrogen functional groups attached to an aromatic ring is 1. The molecule has 0 bridgehead atoms. The van der Waals surface area contributed by atoms with Crippen LogP contribution in [-0.4, -0.2) is 30.9 Å². The summed E-state index contributed by atoms with van der Waals surface area (Å²) in [6.45, 7) is 4.12. The third kappa shape index (κ3) is 3.53. The van der Waals surface area contributed by atoms with Crippen molar-refractivity contribution >= 4 is 39.3 Å². The number of para-hydroxylation sites is 3. The molecule has 6 aromatic rings. The van der Waals surface area contributed by atoms with Crippen LogP contribution in [0.25, 0.3) is 27.8 Å². The number of rotatable bonds is 3. The van der Waals surface area contributed by atoms with Gasteiger partial charge in [-0.2, -0.15) is 5.26 Å². The summed E-state index contributed by atoms with van der Waals surface area (Å²) in [6.07, 6.45) is 1.64. The average molecular weight is 592 g/mol. The number of aromatic nitrogens is 5. The number of aryl methyl sites for hydroxylation is 2. The molecule has 0 radical (unpaired) electrons. The Morgan fingerprint density at radius 2 is 1.69 bits per heavy atom. The molecule has 1 unspecified atom stereocenters. The lowest BCUT2D eigenvalue weighted by Crippen LogP contribution is -2.46. The first kappa shape index (κ1) is 26.4. The van der Waals surface area contributed by atoms with Gasteiger partial charge in [-0.25, -0.2) is 14.6 Å². The van der Waals surface area contributed by atoms with Gasteiger partial charge in [-0.3, -0.25) is 4.79 Å². The maximum atomic E-state index is 15.2. The number of anilines is 2. The monoisotopic (exact) mass is 591 g/mol. The van der Waals surface area contributed by atoms with Gasteiger partial charge >= 0.3 is 0 Å². The van der Waals surface area contributed by atoms with Gasteiger partial charge in [0, 0.05) is 11.3 Å². The second-order valence-electron chi connectivity index (χ2n) is 11.3. The van der Waals surface area contributed by atoms with Crippen LogP contribution in [-0.2, 0) is 16.8 Å². The number of benzene rings is 4. The number of amides is 1. The standard InChI is InChI=1S/C34H25N9O2/c1-18-11-12-19(2)28(13-18)43-20(16-38-41-43)17-42-27-10-6-3-7-21(27)34(33(42)44)22(15-35)32(37)45-31-23(36)14-26-30(29(31)34)40-25-9-5-4-8-24(25)39-26/h3-14,16H,17,36-37H2,1-2H3. The molecular weight excluding hydrogens is 566 g/mol. The van der Waals surface area contributed by atoms with E-state index in [-0.39, 0.29) is 29.4 Å². The number of nitriles is 1. The minimum atomic E-state index is -1.70. The van der Waals surface area contributed by atoms with E-state index in [9.17, 15) is 5.26 Å².